The molecule has 0 bridgehead atoms. The van der Waals surface area contributed by atoms with Gasteiger partial charge in [0.1, 0.15) is 12.4 Å². The van der Waals surface area contributed by atoms with Crippen molar-refractivity contribution in [3.05, 3.63) is 24.3 Å². The van der Waals surface area contributed by atoms with E-state index in [-0.39, 0.29) is 0 Å². The number of ether oxygens (including phenoxy) is 1. The van der Waals surface area contributed by atoms with Crippen molar-refractivity contribution in [3.63, 3.8) is 0 Å². The van der Waals surface area contributed by atoms with Gasteiger partial charge in [-0.1, -0.05) is 6.92 Å². The summed E-state index contributed by atoms with van der Waals surface area (Å²) in [5, 5.41) is 0. The number of hydrogen-bond donors (Lipinski definition) is 2. The standard InChI is InChI=1S/C16H26N4O3S/c1-13-4-3-10-20(12-13)16(17)18-9-11-23-15-7-5-14(6-8-15)19-24(2,21)22/h5-8,13,19H,3-4,9-12H2,1-2H3,(H2,17,18). The molecule has 0 amide bonds. The van der Waals surface area contributed by atoms with Crippen molar-refractivity contribution >= 4 is 21.7 Å². The molecule has 3 N–H and O–H groups in total. The molecule has 0 aliphatic carbocycles. The largest absolute Gasteiger partial charge is 0.492 e. The molecule has 0 radical (unpaired) electrons. The van der Waals surface area contributed by atoms with Crippen LogP contribution in [0, 0.1) is 5.92 Å². The summed E-state index contributed by atoms with van der Waals surface area (Å²) in [5.74, 6) is 1.90. The minimum Gasteiger partial charge on any atom is -0.492 e. The molecule has 134 valence electrons. The molecule has 24 heavy (non-hydrogen) atoms. The molecule has 2 rings (SSSR count). The van der Waals surface area contributed by atoms with Crippen LogP contribution < -0.4 is 15.2 Å². The number of hydrogen-bond acceptors (Lipinski definition) is 4. The van der Waals surface area contributed by atoms with E-state index in [9.17, 15) is 8.42 Å². The average molecular weight is 354 g/mol. The highest BCUT2D eigenvalue weighted by Gasteiger charge is 2.17. The van der Waals surface area contributed by atoms with E-state index in [2.05, 4.69) is 21.5 Å². The molecule has 1 aliphatic heterocycles. The van der Waals surface area contributed by atoms with Gasteiger partial charge in [-0.2, -0.15) is 0 Å². The lowest BCUT2D eigenvalue weighted by molar-refractivity contribution is 0.269. The van der Waals surface area contributed by atoms with Crippen LogP contribution in [0.15, 0.2) is 29.3 Å². The van der Waals surface area contributed by atoms with Crippen molar-refractivity contribution < 1.29 is 13.2 Å². The summed E-state index contributed by atoms with van der Waals surface area (Å²) in [6.07, 6.45) is 3.52. The third kappa shape index (κ3) is 6.27. The van der Waals surface area contributed by atoms with Gasteiger partial charge in [0.2, 0.25) is 10.0 Å². The molecule has 0 aromatic heterocycles. The summed E-state index contributed by atoms with van der Waals surface area (Å²) in [5.41, 5.74) is 6.53. The fourth-order valence-electron chi connectivity index (χ4n) is 2.65. The number of sulfonamides is 1. The molecule has 1 unspecified atom stereocenters. The van der Waals surface area contributed by atoms with E-state index in [0.29, 0.717) is 36.5 Å². The molecule has 0 saturated carbocycles. The molecule has 0 spiro atoms. The van der Waals surface area contributed by atoms with Crippen molar-refractivity contribution in [2.24, 2.45) is 16.6 Å². The van der Waals surface area contributed by atoms with Crippen molar-refractivity contribution in [1.29, 1.82) is 0 Å². The third-order valence-electron chi connectivity index (χ3n) is 3.77. The molecule has 1 saturated heterocycles. The monoisotopic (exact) mass is 354 g/mol. The molecule has 8 heteroatoms. The number of anilines is 1. The van der Waals surface area contributed by atoms with E-state index in [0.717, 1.165) is 25.8 Å². The zero-order chi connectivity index (χ0) is 17.6. The molecule has 1 aromatic rings. The van der Waals surface area contributed by atoms with Crippen molar-refractivity contribution in [3.8, 4) is 5.75 Å². The zero-order valence-corrected chi connectivity index (χ0v) is 15.1. The predicted molar refractivity (Wildman–Crippen MR) is 96.9 cm³/mol. The van der Waals surface area contributed by atoms with Gasteiger partial charge in [0.05, 0.1) is 12.8 Å². The fourth-order valence-corrected chi connectivity index (χ4v) is 3.22. The highest BCUT2D eigenvalue weighted by molar-refractivity contribution is 7.92. The first-order valence-electron chi connectivity index (χ1n) is 8.09. The Labute approximate surface area is 143 Å². The van der Waals surface area contributed by atoms with Gasteiger partial charge in [0, 0.05) is 18.8 Å². The van der Waals surface area contributed by atoms with Crippen LogP contribution in [0.25, 0.3) is 0 Å². The van der Waals surface area contributed by atoms with Gasteiger partial charge < -0.3 is 15.4 Å². The van der Waals surface area contributed by atoms with E-state index < -0.39 is 10.0 Å². The summed E-state index contributed by atoms with van der Waals surface area (Å²) >= 11 is 0. The summed E-state index contributed by atoms with van der Waals surface area (Å²) in [7, 11) is -3.26. The minimum absolute atomic E-state index is 0.420. The molecule has 1 fully saturated rings. The van der Waals surface area contributed by atoms with Gasteiger partial charge >= 0.3 is 0 Å². The molecule has 1 heterocycles. The van der Waals surface area contributed by atoms with E-state index in [1.54, 1.807) is 24.3 Å². The van der Waals surface area contributed by atoms with Crippen LogP contribution in [-0.2, 0) is 10.0 Å². The fraction of sp³-hybridized carbons (Fsp3) is 0.562. The second-order valence-corrected chi connectivity index (χ2v) is 7.93. The van der Waals surface area contributed by atoms with E-state index in [4.69, 9.17) is 10.5 Å². The van der Waals surface area contributed by atoms with Crippen LogP contribution in [0.5, 0.6) is 5.75 Å². The highest BCUT2D eigenvalue weighted by Crippen LogP contribution is 2.17. The smallest absolute Gasteiger partial charge is 0.229 e. The van der Waals surface area contributed by atoms with Gasteiger partial charge in [-0.3, -0.25) is 4.72 Å². The first-order chi connectivity index (χ1) is 11.3. The lowest BCUT2D eigenvalue weighted by Gasteiger charge is -2.31. The van der Waals surface area contributed by atoms with Crippen LogP contribution in [0.1, 0.15) is 19.8 Å². The normalized spacial score (nSPS) is 19.2. The van der Waals surface area contributed by atoms with E-state index in [1.807, 2.05) is 0 Å². The van der Waals surface area contributed by atoms with Crippen LogP contribution in [0.4, 0.5) is 5.69 Å². The van der Waals surface area contributed by atoms with E-state index >= 15 is 0 Å². The van der Waals surface area contributed by atoms with E-state index in [1.165, 1.54) is 6.42 Å². The second-order valence-electron chi connectivity index (χ2n) is 6.18. The Bertz CT molecular complexity index is 658. The number of nitrogens with one attached hydrogen (secondary N) is 1. The summed E-state index contributed by atoms with van der Waals surface area (Å²) in [4.78, 5) is 6.49. The minimum atomic E-state index is -3.26. The molecule has 1 aliphatic rings. The number of likely N-dealkylation sites (tertiary alicyclic amines) is 1. The van der Waals surface area contributed by atoms with Crippen LogP contribution >= 0.6 is 0 Å². The Morgan fingerprint density at radius 2 is 2.12 bits per heavy atom. The van der Waals surface area contributed by atoms with Gasteiger partial charge in [-0.15, -0.1) is 0 Å². The van der Waals surface area contributed by atoms with Crippen molar-refractivity contribution in [2.45, 2.75) is 19.8 Å². The molecular weight excluding hydrogens is 328 g/mol. The number of rotatable bonds is 6. The summed E-state index contributed by atoms with van der Waals surface area (Å²) < 4.78 is 30.3. The second kappa shape index (κ2) is 8.23. The number of nitrogens with two attached hydrogens (primary N) is 1. The SMILES string of the molecule is CC1CCCN(C(N)=NCCOc2ccc(NS(C)(=O)=O)cc2)C1. The number of nitrogens with zero attached hydrogens (tertiary/aromatic N) is 2. The zero-order valence-electron chi connectivity index (χ0n) is 14.2. The lowest BCUT2D eigenvalue weighted by Crippen LogP contribution is -2.43. The Morgan fingerprint density at radius 1 is 1.42 bits per heavy atom. The summed E-state index contributed by atoms with van der Waals surface area (Å²) in [6.45, 7) is 5.06. The first kappa shape index (κ1) is 18.4. The van der Waals surface area contributed by atoms with Crippen LogP contribution in [-0.4, -0.2) is 51.8 Å². The highest BCUT2D eigenvalue weighted by atomic mass is 32.2. The van der Waals surface area contributed by atoms with Crippen LogP contribution in [0.3, 0.4) is 0 Å². The molecule has 1 atom stereocenters. The maximum atomic E-state index is 11.1. The summed E-state index contributed by atoms with van der Waals surface area (Å²) in [6, 6.07) is 6.74. The molecule has 1 aromatic carbocycles. The number of aliphatic imine (C=N–C) groups is 1. The topological polar surface area (TPSA) is 97.0 Å². The molecule has 7 nitrogen and oxygen atoms in total. The Hall–Kier alpha value is -1.96. The van der Waals surface area contributed by atoms with Gasteiger partial charge in [0.15, 0.2) is 5.96 Å². The van der Waals surface area contributed by atoms with Gasteiger partial charge in [-0.05, 0) is 43.0 Å². The Balaban J connectivity index is 1.76. The first-order valence-corrected chi connectivity index (χ1v) is 9.98. The Morgan fingerprint density at radius 3 is 2.75 bits per heavy atom. The molecular formula is C16H26N4O3S. The van der Waals surface area contributed by atoms with Crippen LogP contribution in [0.2, 0.25) is 0 Å². The van der Waals surface area contributed by atoms with Gasteiger partial charge in [-0.25, -0.2) is 13.4 Å². The van der Waals surface area contributed by atoms with Crippen molar-refractivity contribution in [1.82, 2.24) is 4.90 Å². The Kier molecular flexibility index (Phi) is 6.30. The van der Waals surface area contributed by atoms with Crippen molar-refractivity contribution in [2.75, 3.05) is 37.2 Å². The lowest BCUT2D eigenvalue weighted by atomic mass is 10.0. The average Bonchev–Trinajstić information content (AvgIpc) is 2.51. The predicted octanol–water partition coefficient (Wildman–Crippen LogP) is 1.48. The maximum absolute atomic E-state index is 11.1. The number of guanidine groups is 1. The number of piperidine rings is 1. The third-order valence-corrected chi connectivity index (χ3v) is 4.38. The van der Waals surface area contributed by atoms with Gasteiger partial charge in [0.25, 0.3) is 0 Å². The number of benzene rings is 1. The maximum Gasteiger partial charge on any atom is 0.229 e. The quantitative estimate of drug-likeness (QED) is 0.458.